The molecule has 0 fully saturated rings. The van der Waals surface area contributed by atoms with Crippen LogP contribution >= 0.6 is 11.3 Å². The number of carbonyl (C=O) groups is 1. The van der Waals surface area contributed by atoms with Gasteiger partial charge in [0, 0.05) is 28.0 Å². The summed E-state index contributed by atoms with van der Waals surface area (Å²) in [4.78, 5) is 24.6. The van der Waals surface area contributed by atoms with Crippen molar-refractivity contribution in [1.82, 2.24) is 25.1 Å². The Morgan fingerprint density at radius 3 is 2.89 bits per heavy atom. The number of benzene rings is 1. The van der Waals surface area contributed by atoms with Gasteiger partial charge in [-0.2, -0.15) is 5.10 Å². The third kappa shape index (κ3) is 2.74. The number of hydrogen-bond donors (Lipinski definition) is 3. The molecule has 0 saturated heterocycles. The van der Waals surface area contributed by atoms with Crippen molar-refractivity contribution in [1.29, 1.82) is 0 Å². The molecule has 0 aliphatic carbocycles. The van der Waals surface area contributed by atoms with Crippen molar-refractivity contribution in [2.75, 3.05) is 5.32 Å². The third-order valence-corrected chi connectivity index (χ3v) is 5.41. The van der Waals surface area contributed by atoms with Gasteiger partial charge < -0.3 is 10.3 Å². The normalized spacial score (nSPS) is 11.4. The number of fused-ring (bicyclic) bond motifs is 2. The number of pyridine rings is 1. The summed E-state index contributed by atoms with van der Waals surface area (Å²) in [5.74, 6) is -0.235. The summed E-state index contributed by atoms with van der Waals surface area (Å²) in [6, 6.07) is 8.04. The fourth-order valence-corrected chi connectivity index (χ4v) is 3.97. The first-order valence-corrected chi connectivity index (χ1v) is 9.62. The van der Waals surface area contributed by atoms with Gasteiger partial charge in [-0.25, -0.2) is 9.97 Å². The lowest BCUT2D eigenvalue weighted by atomic mass is 10.0. The van der Waals surface area contributed by atoms with E-state index in [1.54, 1.807) is 17.8 Å². The van der Waals surface area contributed by atoms with E-state index < -0.39 is 0 Å². The number of amides is 1. The van der Waals surface area contributed by atoms with Crippen molar-refractivity contribution < 1.29 is 4.79 Å². The molecule has 0 saturated carbocycles. The number of nitrogens with zero attached hydrogens (tertiary/aromatic N) is 3. The number of aryl methyl sites for hydroxylation is 2. The lowest BCUT2D eigenvalue weighted by Gasteiger charge is -2.09. The van der Waals surface area contributed by atoms with Crippen LogP contribution in [0.3, 0.4) is 0 Å². The number of carbonyl (C=O) groups excluding carboxylic acids is 1. The minimum absolute atomic E-state index is 0.235. The van der Waals surface area contributed by atoms with E-state index in [0.717, 1.165) is 43.8 Å². The van der Waals surface area contributed by atoms with Crippen LogP contribution in [0.2, 0.25) is 0 Å². The van der Waals surface area contributed by atoms with Crippen LogP contribution in [0, 0.1) is 13.8 Å². The highest BCUT2D eigenvalue weighted by molar-refractivity contribution is 7.09. The molecule has 138 valence electrons. The van der Waals surface area contributed by atoms with E-state index in [0.29, 0.717) is 11.4 Å². The van der Waals surface area contributed by atoms with Crippen LogP contribution in [0.5, 0.6) is 0 Å². The summed E-state index contributed by atoms with van der Waals surface area (Å²) in [5, 5.41) is 14.6. The van der Waals surface area contributed by atoms with Crippen molar-refractivity contribution in [3.05, 3.63) is 58.4 Å². The van der Waals surface area contributed by atoms with E-state index in [9.17, 15) is 4.79 Å². The van der Waals surface area contributed by atoms with E-state index in [2.05, 4.69) is 36.5 Å². The number of nitrogens with one attached hydrogen (secondary N) is 3. The summed E-state index contributed by atoms with van der Waals surface area (Å²) >= 11 is 1.45. The molecule has 0 atom stereocenters. The molecular weight excluding hydrogens is 372 g/mol. The molecule has 3 N–H and O–H groups in total. The smallest absolute Gasteiger partial charge is 0.275 e. The lowest BCUT2D eigenvalue weighted by Crippen LogP contribution is -2.12. The average molecular weight is 388 g/mol. The Labute approximate surface area is 163 Å². The number of rotatable bonds is 3. The Morgan fingerprint density at radius 2 is 2.07 bits per heavy atom. The van der Waals surface area contributed by atoms with E-state index in [4.69, 9.17) is 0 Å². The molecule has 4 heterocycles. The van der Waals surface area contributed by atoms with Crippen LogP contribution in [-0.2, 0) is 0 Å². The second-order valence-corrected chi connectivity index (χ2v) is 7.70. The Balaban J connectivity index is 1.64. The number of H-pyrrole nitrogens is 2. The molecule has 4 aromatic heterocycles. The molecule has 0 spiro atoms. The van der Waals surface area contributed by atoms with Crippen LogP contribution in [0.25, 0.3) is 33.1 Å². The number of thiazole rings is 1. The van der Waals surface area contributed by atoms with Crippen molar-refractivity contribution >= 4 is 44.9 Å². The molecule has 0 radical (unpaired) electrons. The summed E-state index contributed by atoms with van der Waals surface area (Å²) in [7, 11) is 0. The molecule has 0 aliphatic heterocycles. The highest BCUT2D eigenvalue weighted by atomic mass is 32.1. The predicted octanol–water partition coefficient (Wildman–Crippen LogP) is 4.43. The van der Waals surface area contributed by atoms with E-state index >= 15 is 0 Å². The molecule has 7 nitrogen and oxygen atoms in total. The van der Waals surface area contributed by atoms with Crippen molar-refractivity contribution in [3.8, 4) is 11.1 Å². The first-order valence-electron chi connectivity index (χ1n) is 8.74. The van der Waals surface area contributed by atoms with E-state index in [1.807, 2.05) is 32.0 Å². The minimum Gasteiger partial charge on any atom is -0.344 e. The van der Waals surface area contributed by atoms with Crippen molar-refractivity contribution in [3.63, 3.8) is 0 Å². The maximum absolute atomic E-state index is 12.6. The van der Waals surface area contributed by atoms with Crippen molar-refractivity contribution in [2.24, 2.45) is 0 Å². The Hall–Kier alpha value is -3.52. The van der Waals surface area contributed by atoms with Crippen LogP contribution in [0.4, 0.5) is 5.69 Å². The topological polar surface area (TPSA) is 99.3 Å². The zero-order valence-corrected chi connectivity index (χ0v) is 16.0. The van der Waals surface area contributed by atoms with Gasteiger partial charge in [-0.15, -0.1) is 11.3 Å². The number of anilines is 1. The zero-order valence-electron chi connectivity index (χ0n) is 15.2. The molecule has 8 heteroatoms. The predicted molar refractivity (Wildman–Crippen MR) is 111 cm³/mol. The molecule has 1 aromatic carbocycles. The summed E-state index contributed by atoms with van der Waals surface area (Å²) in [6.07, 6.45) is 3.49. The largest absolute Gasteiger partial charge is 0.344 e. The molecule has 0 aliphatic rings. The Morgan fingerprint density at radius 1 is 1.18 bits per heavy atom. The van der Waals surface area contributed by atoms with Gasteiger partial charge in [0.2, 0.25) is 0 Å². The van der Waals surface area contributed by atoms with Crippen LogP contribution in [0.15, 0.2) is 42.0 Å². The molecule has 5 aromatic rings. The molecule has 5 rings (SSSR count). The maximum Gasteiger partial charge on any atom is 0.275 e. The fraction of sp³-hybridized carbons (Fsp3) is 0.100. The van der Waals surface area contributed by atoms with E-state index in [-0.39, 0.29) is 5.91 Å². The average Bonchev–Trinajstić information content (AvgIpc) is 3.39. The lowest BCUT2D eigenvalue weighted by molar-refractivity contribution is 0.102. The van der Waals surface area contributed by atoms with Crippen molar-refractivity contribution in [2.45, 2.75) is 13.8 Å². The minimum atomic E-state index is -0.235. The molecule has 0 unspecified atom stereocenters. The van der Waals surface area contributed by atoms with Gasteiger partial charge >= 0.3 is 0 Å². The summed E-state index contributed by atoms with van der Waals surface area (Å²) in [6.45, 7) is 3.88. The van der Waals surface area contributed by atoms with Gasteiger partial charge in [-0.3, -0.25) is 9.89 Å². The van der Waals surface area contributed by atoms with Gasteiger partial charge in [-0.1, -0.05) is 0 Å². The molecule has 1 amide bonds. The highest BCUT2D eigenvalue weighted by Gasteiger charge is 2.15. The van der Waals surface area contributed by atoms with Crippen LogP contribution in [-0.4, -0.2) is 31.1 Å². The summed E-state index contributed by atoms with van der Waals surface area (Å²) in [5.41, 5.74) is 5.83. The number of aromatic amines is 2. The first-order chi connectivity index (χ1) is 13.6. The van der Waals surface area contributed by atoms with Crippen LogP contribution in [0.1, 0.15) is 21.2 Å². The van der Waals surface area contributed by atoms with Gasteiger partial charge in [0.1, 0.15) is 11.3 Å². The van der Waals surface area contributed by atoms with Gasteiger partial charge in [0.05, 0.1) is 22.4 Å². The molecule has 28 heavy (non-hydrogen) atoms. The van der Waals surface area contributed by atoms with Crippen LogP contribution < -0.4 is 5.32 Å². The zero-order chi connectivity index (χ0) is 19.3. The maximum atomic E-state index is 12.6. The first kappa shape index (κ1) is 16.6. The van der Waals surface area contributed by atoms with Gasteiger partial charge in [0.25, 0.3) is 5.91 Å². The molecule has 0 bridgehead atoms. The van der Waals surface area contributed by atoms with Gasteiger partial charge in [0.15, 0.2) is 0 Å². The summed E-state index contributed by atoms with van der Waals surface area (Å²) < 4.78 is 0. The quantitative estimate of drug-likeness (QED) is 0.426. The second kappa shape index (κ2) is 6.28. The Bertz CT molecular complexity index is 1350. The van der Waals surface area contributed by atoms with E-state index in [1.165, 1.54) is 11.3 Å². The second-order valence-electron chi connectivity index (χ2n) is 6.63. The highest BCUT2D eigenvalue weighted by Crippen LogP contribution is 2.34. The molecular formula is C20H16N6OS. The third-order valence-electron chi connectivity index (χ3n) is 4.64. The number of hydrogen-bond acceptors (Lipinski definition) is 5. The number of aromatic nitrogens is 5. The van der Waals surface area contributed by atoms with Gasteiger partial charge in [-0.05, 0) is 49.2 Å². The SMILES string of the molecule is Cc1cc2c(-c3cc(NC(=O)c4csc(C)n4)c4cn[nH]c4c3)ccnc2[nH]1. The standard InChI is InChI=1S/C20H16N6OS/c1-10-5-14-13(3-4-21-19(14)23-10)12-6-16(15-8-22-26-17(15)7-12)25-20(27)18-9-28-11(2)24-18/h3-9H,1-2H3,(H,21,23)(H,22,26)(H,25,27). The fourth-order valence-electron chi connectivity index (χ4n) is 3.37. The monoisotopic (exact) mass is 388 g/mol. The Kier molecular flexibility index (Phi) is 3.73.